The van der Waals surface area contributed by atoms with E-state index in [9.17, 15) is 4.79 Å². The topological polar surface area (TPSA) is 20.3 Å². The summed E-state index contributed by atoms with van der Waals surface area (Å²) in [5.74, 6) is 0.892. The van der Waals surface area contributed by atoms with Gasteiger partial charge in [0.1, 0.15) is 0 Å². The Bertz CT molecular complexity index is 143. The zero-order valence-corrected chi connectivity index (χ0v) is 9.47. The Kier molecular flexibility index (Phi) is 6.65. The van der Waals surface area contributed by atoms with E-state index in [4.69, 9.17) is 0 Å². The molecule has 2 heteroatoms. The van der Waals surface area contributed by atoms with Crippen molar-refractivity contribution < 1.29 is 4.79 Å². The van der Waals surface area contributed by atoms with Crippen molar-refractivity contribution in [3.05, 3.63) is 0 Å². The predicted octanol–water partition coefficient (Wildman–Crippen LogP) is 2.68. The summed E-state index contributed by atoms with van der Waals surface area (Å²) >= 11 is 0. The summed E-state index contributed by atoms with van der Waals surface area (Å²) in [5, 5.41) is 0. The average Bonchev–Trinajstić information content (AvgIpc) is 2.09. The fourth-order valence-electron chi connectivity index (χ4n) is 1.33. The first-order chi connectivity index (χ1) is 6.11. The maximum atomic E-state index is 11.6. The van der Waals surface area contributed by atoms with E-state index in [1.165, 1.54) is 0 Å². The van der Waals surface area contributed by atoms with Gasteiger partial charge in [0.25, 0.3) is 0 Å². The summed E-state index contributed by atoms with van der Waals surface area (Å²) in [5.41, 5.74) is 0. The van der Waals surface area contributed by atoms with Crippen molar-refractivity contribution in [3.63, 3.8) is 0 Å². The minimum absolute atomic E-state index is 0.318. The fraction of sp³-hybridized carbons (Fsp3) is 0.909. The Balaban J connectivity index is 3.85. The Morgan fingerprint density at radius 3 is 2.31 bits per heavy atom. The second kappa shape index (κ2) is 6.93. The van der Waals surface area contributed by atoms with Crippen LogP contribution in [0, 0.1) is 5.92 Å². The van der Waals surface area contributed by atoms with Crippen LogP contribution in [0.2, 0.25) is 0 Å². The molecule has 0 aromatic carbocycles. The molecule has 0 saturated heterocycles. The number of hydrogen-bond acceptors (Lipinski definition) is 1. The number of amides is 1. The lowest BCUT2D eigenvalue weighted by molar-refractivity contribution is -0.131. The fourth-order valence-corrected chi connectivity index (χ4v) is 1.33. The van der Waals surface area contributed by atoms with Crippen LogP contribution in [0.3, 0.4) is 0 Å². The van der Waals surface area contributed by atoms with Gasteiger partial charge in [-0.15, -0.1) is 0 Å². The van der Waals surface area contributed by atoms with Crippen LogP contribution < -0.4 is 0 Å². The van der Waals surface area contributed by atoms with Crippen molar-refractivity contribution in [2.75, 3.05) is 13.1 Å². The summed E-state index contributed by atoms with van der Waals surface area (Å²) < 4.78 is 0. The van der Waals surface area contributed by atoms with Crippen LogP contribution in [0.5, 0.6) is 0 Å². The Morgan fingerprint density at radius 1 is 1.31 bits per heavy atom. The van der Waals surface area contributed by atoms with Crippen LogP contribution in [0.4, 0.5) is 0 Å². The molecule has 0 spiro atoms. The maximum absolute atomic E-state index is 11.6. The predicted molar refractivity (Wildman–Crippen MR) is 56.6 cm³/mol. The molecule has 0 atom stereocenters. The molecule has 0 N–H and O–H groups in total. The molecule has 1 amide bonds. The largest absolute Gasteiger partial charge is 0.343 e. The normalized spacial score (nSPS) is 10.5. The maximum Gasteiger partial charge on any atom is 0.222 e. The van der Waals surface area contributed by atoms with E-state index in [-0.39, 0.29) is 0 Å². The molecule has 0 bridgehead atoms. The highest BCUT2D eigenvalue weighted by Crippen LogP contribution is 2.04. The Hall–Kier alpha value is -0.530. The van der Waals surface area contributed by atoms with E-state index >= 15 is 0 Å². The van der Waals surface area contributed by atoms with E-state index in [1.807, 2.05) is 11.8 Å². The molecule has 0 aliphatic heterocycles. The SMILES string of the molecule is CCCCC(=O)N(CC)CC(C)C. The zero-order valence-electron chi connectivity index (χ0n) is 9.47. The first-order valence-corrected chi connectivity index (χ1v) is 5.39. The van der Waals surface area contributed by atoms with E-state index in [0.717, 1.165) is 32.4 Å². The lowest BCUT2D eigenvalue weighted by Gasteiger charge is -2.22. The molecular weight excluding hydrogens is 162 g/mol. The quantitative estimate of drug-likeness (QED) is 0.623. The van der Waals surface area contributed by atoms with Gasteiger partial charge in [-0.05, 0) is 19.3 Å². The monoisotopic (exact) mass is 185 g/mol. The molecule has 0 aliphatic carbocycles. The van der Waals surface area contributed by atoms with Gasteiger partial charge in [-0.3, -0.25) is 4.79 Å². The first-order valence-electron chi connectivity index (χ1n) is 5.39. The summed E-state index contributed by atoms with van der Waals surface area (Å²) in [7, 11) is 0. The standard InChI is InChI=1S/C11H23NO/c1-5-7-8-11(13)12(6-2)9-10(3)4/h10H,5-9H2,1-4H3. The zero-order chi connectivity index (χ0) is 10.3. The van der Waals surface area contributed by atoms with Gasteiger partial charge in [-0.25, -0.2) is 0 Å². The molecule has 0 fully saturated rings. The number of unbranched alkanes of at least 4 members (excludes halogenated alkanes) is 1. The van der Waals surface area contributed by atoms with Gasteiger partial charge in [0.2, 0.25) is 5.91 Å². The molecule has 13 heavy (non-hydrogen) atoms. The van der Waals surface area contributed by atoms with Gasteiger partial charge >= 0.3 is 0 Å². The molecular formula is C11H23NO. The third kappa shape index (κ3) is 5.67. The number of hydrogen-bond donors (Lipinski definition) is 0. The van der Waals surface area contributed by atoms with Gasteiger partial charge in [0.15, 0.2) is 0 Å². The third-order valence-corrected chi connectivity index (χ3v) is 2.06. The van der Waals surface area contributed by atoms with Crippen molar-refractivity contribution in [2.24, 2.45) is 5.92 Å². The van der Waals surface area contributed by atoms with E-state index in [2.05, 4.69) is 20.8 Å². The minimum Gasteiger partial charge on any atom is -0.343 e. The lowest BCUT2D eigenvalue weighted by Crippen LogP contribution is -2.33. The lowest BCUT2D eigenvalue weighted by atomic mass is 10.2. The highest BCUT2D eigenvalue weighted by Gasteiger charge is 2.11. The second-order valence-electron chi connectivity index (χ2n) is 3.93. The molecule has 0 aromatic heterocycles. The molecule has 0 heterocycles. The highest BCUT2D eigenvalue weighted by atomic mass is 16.2. The summed E-state index contributed by atoms with van der Waals surface area (Å²) in [4.78, 5) is 13.6. The van der Waals surface area contributed by atoms with Gasteiger partial charge in [-0.1, -0.05) is 27.2 Å². The molecule has 0 aromatic rings. The number of rotatable bonds is 6. The molecule has 2 nitrogen and oxygen atoms in total. The summed E-state index contributed by atoms with van der Waals surface area (Å²) in [6, 6.07) is 0. The molecule has 0 saturated carbocycles. The third-order valence-electron chi connectivity index (χ3n) is 2.06. The van der Waals surface area contributed by atoms with Crippen molar-refractivity contribution >= 4 is 5.91 Å². The van der Waals surface area contributed by atoms with Crippen LogP contribution >= 0.6 is 0 Å². The average molecular weight is 185 g/mol. The Labute approximate surface area is 82.3 Å². The molecule has 0 aliphatic rings. The van der Waals surface area contributed by atoms with Crippen molar-refractivity contribution in [1.82, 2.24) is 4.90 Å². The van der Waals surface area contributed by atoms with Crippen LogP contribution in [-0.2, 0) is 4.79 Å². The minimum atomic E-state index is 0.318. The molecule has 0 rings (SSSR count). The first kappa shape index (κ1) is 12.5. The van der Waals surface area contributed by atoms with Gasteiger partial charge < -0.3 is 4.90 Å². The van der Waals surface area contributed by atoms with Crippen molar-refractivity contribution in [3.8, 4) is 0 Å². The summed E-state index contributed by atoms with van der Waals surface area (Å²) in [6.07, 6.45) is 2.84. The smallest absolute Gasteiger partial charge is 0.222 e. The van der Waals surface area contributed by atoms with Crippen LogP contribution in [0.25, 0.3) is 0 Å². The van der Waals surface area contributed by atoms with Gasteiger partial charge in [-0.2, -0.15) is 0 Å². The van der Waals surface area contributed by atoms with E-state index in [1.54, 1.807) is 0 Å². The van der Waals surface area contributed by atoms with Crippen LogP contribution in [-0.4, -0.2) is 23.9 Å². The number of carbonyl (C=O) groups is 1. The van der Waals surface area contributed by atoms with E-state index in [0.29, 0.717) is 11.8 Å². The Morgan fingerprint density at radius 2 is 1.92 bits per heavy atom. The van der Waals surface area contributed by atoms with Crippen LogP contribution in [0.15, 0.2) is 0 Å². The second-order valence-corrected chi connectivity index (χ2v) is 3.93. The molecule has 0 unspecified atom stereocenters. The summed E-state index contributed by atoms with van der Waals surface area (Å²) in [6.45, 7) is 10.2. The highest BCUT2D eigenvalue weighted by molar-refractivity contribution is 5.76. The van der Waals surface area contributed by atoms with Gasteiger partial charge in [0, 0.05) is 19.5 Å². The van der Waals surface area contributed by atoms with Crippen LogP contribution in [0.1, 0.15) is 47.0 Å². The van der Waals surface area contributed by atoms with Crippen molar-refractivity contribution in [2.45, 2.75) is 47.0 Å². The molecule has 78 valence electrons. The number of nitrogens with zero attached hydrogens (tertiary/aromatic N) is 1. The number of carbonyl (C=O) groups excluding carboxylic acids is 1. The van der Waals surface area contributed by atoms with E-state index < -0.39 is 0 Å². The molecule has 0 radical (unpaired) electrons. The van der Waals surface area contributed by atoms with Crippen molar-refractivity contribution in [1.29, 1.82) is 0 Å². The van der Waals surface area contributed by atoms with Gasteiger partial charge in [0.05, 0.1) is 0 Å².